The fraction of sp³-hybridized carbons (Fsp3) is 0.867. The summed E-state index contributed by atoms with van der Waals surface area (Å²) >= 11 is 0. The van der Waals surface area contributed by atoms with Gasteiger partial charge in [0.2, 0.25) is 0 Å². The Kier molecular flexibility index (Phi) is 36.1. The van der Waals surface area contributed by atoms with Gasteiger partial charge in [-0.05, 0) is 76.2 Å². The van der Waals surface area contributed by atoms with Crippen LogP contribution in [-0.4, -0.2) is 91.0 Å². The van der Waals surface area contributed by atoms with Crippen molar-refractivity contribution in [3.8, 4) is 0 Å². The maximum atomic E-state index is 12.3. The van der Waals surface area contributed by atoms with Gasteiger partial charge in [-0.3, -0.25) is 9.88 Å². The fourth-order valence-corrected chi connectivity index (χ4v) is 7.01. The van der Waals surface area contributed by atoms with Crippen molar-refractivity contribution in [1.82, 2.24) is 10.2 Å². The molecular weight excluding hydrogens is 743 g/mol. The Hall–Kier alpha value is -0.950. The van der Waals surface area contributed by atoms with Crippen molar-refractivity contribution in [2.24, 2.45) is 5.92 Å². The molecule has 1 aromatic rings. The number of likely N-dealkylation sites (N-methyl/N-ethyl adjacent to an activating group) is 1. The predicted octanol–water partition coefficient (Wildman–Crippen LogP) is 10.4. The Balaban J connectivity index is 2.17. The van der Waals surface area contributed by atoms with Crippen molar-refractivity contribution >= 4 is 7.82 Å². The van der Waals surface area contributed by atoms with Gasteiger partial charge >= 0.3 is 0 Å². The molecule has 0 amide bonds. The third-order valence-corrected chi connectivity index (χ3v) is 11.1. The Bertz CT molecular complexity index is 1050. The van der Waals surface area contributed by atoms with Gasteiger partial charge in [-0.1, -0.05) is 142 Å². The van der Waals surface area contributed by atoms with Crippen LogP contribution >= 0.6 is 7.82 Å². The van der Waals surface area contributed by atoms with Crippen molar-refractivity contribution in [1.29, 1.82) is 0 Å². The molecule has 0 aliphatic rings. The average molecular weight is 830 g/mol. The molecule has 3 atom stereocenters. The first-order valence-corrected chi connectivity index (χ1v) is 24.2. The van der Waals surface area contributed by atoms with E-state index in [0.717, 1.165) is 51.6 Å². The highest BCUT2D eigenvalue weighted by Crippen LogP contribution is 2.38. The predicted molar refractivity (Wildman–Crippen MR) is 231 cm³/mol. The quantitative estimate of drug-likeness (QED) is 0.0385. The van der Waals surface area contributed by atoms with Crippen LogP contribution in [0.4, 0.5) is 0 Å². The van der Waals surface area contributed by atoms with Gasteiger partial charge in [-0.25, -0.2) is 0 Å². The summed E-state index contributed by atoms with van der Waals surface area (Å²) in [5.41, 5.74) is 2.55. The van der Waals surface area contributed by atoms with Crippen LogP contribution in [0.25, 0.3) is 0 Å². The first-order chi connectivity index (χ1) is 27.7. The largest absolute Gasteiger partial charge is 0.756 e. The first kappa shape index (κ1) is 54.1. The van der Waals surface area contributed by atoms with Gasteiger partial charge < -0.3 is 42.5 Å². The molecule has 0 bridgehead atoms. The number of rotatable bonds is 43. The second-order valence-electron chi connectivity index (χ2n) is 16.0. The van der Waals surface area contributed by atoms with Crippen LogP contribution in [0.5, 0.6) is 0 Å². The zero-order chi connectivity index (χ0) is 41.7. The van der Waals surface area contributed by atoms with Gasteiger partial charge in [0.1, 0.15) is 19.7 Å². The summed E-state index contributed by atoms with van der Waals surface area (Å²) < 4.78 is 51.3. The van der Waals surface area contributed by atoms with E-state index >= 15 is 0 Å². The van der Waals surface area contributed by atoms with Gasteiger partial charge in [0, 0.05) is 19.8 Å². The zero-order valence-corrected chi connectivity index (χ0v) is 38.2. The molecule has 0 aliphatic heterocycles. The Morgan fingerprint density at radius 3 is 1.81 bits per heavy atom. The number of hydrogen-bond acceptors (Lipinski definition) is 11. The van der Waals surface area contributed by atoms with Crippen molar-refractivity contribution < 1.29 is 42.2 Å². The third kappa shape index (κ3) is 34.5. The van der Waals surface area contributed by atoms with Gasteiger partial charge in [-0.2, -0.15) is 0 Å². The molecule has 12 heteroatoms. The molecule has 0 heterocycles. The van der Waals surface area contributed by atoms with Crippen LogP contribution in [-0.2, 0) is 43.7 Å². The number of ether oxygens (including phenoxy) is 5. The first-order valence-electron chi connectivity index (χ1n) is 22.7. The molecule has 0 aliphatic carbocycles. The van der Waals surface area contributed by atoms with Crippen molar-refractivity contribution in [2.75, 3.05) is 80.0 Å². The second kappa shape index (κ2) is 38.0. The maximum Gasteiger partial charge on any atom is 0.268 e. The van der Waals surface area contributed by atoms with E-state index in [-0.39, 0.29) is 39.5 Å². The summed E-state index contributed by atoms with van der Waals surface area (Å²) in [5, 5.41) is 3.36. The molecule has 11 nitrogen and oxygen atoms in total. The topological polar surface area (TPSA) is 120 Å². The van der Waals surface area contributed by atoms with Gasteiger partial charge in [0.15, 0.2) is 0 Å². The smallest absolute Gasteiger partial charge is 0.268 e. The molecule has 0 saturated carbocycles. The highest BCUT2D eigenvalue weighted by Gasteiger charge is 2.17. The maximum absolute atomic E-state index is 12.3. The molecule has 1 aromatic carbocycles. The summed E-state index contributed by atoms with van der Waals surface area (Å²) in [4.78, 5) is 14.3. The minimum absolute atomic E-state index is 0.00507. The van der Waals surface area contributed by atoms with E-state index in [9.17, 15) is 9.46 Å². The van der Waals surface area contributed by atoms with Crippen molar-refractivity contribution in [2.45, 2.75) is 169 Å². The third-order valence-electron chi connectivity index (χ3n) is 10.1. The standard InChI is InChI=1S/C45H87N2O9P/c1-7-9-10-11-12-13-14-15-16-17-18-19-20-21-24-32-50-39-52-36-45(37-56-57(48,49)55-34-31-47(6)8-2)54-40-51-33-25-22-23-30-46-38-53-42(5)44-28-26-43(27-29-44)35-41(3)4/h26-29,41-42,45-46H,7-25,30-40H2,1-6H3,(H,48,49)/p-1. The summed E-state index contributed by atoms with van der Waals surface area (Å²) in [6.45, 7) is 14.6. The Morgan fingerprint density at radius 1 is 0.667 bits per heavy atom. The molecule has 336 valence electrons. The number of benzene rings is 1. The van der Waals surface area contributed by atoms with E-state index < -0.39 is 13.9 Å². The highest BCUT2D eigenvalue weighted by molar-refractivity contribution is 7.45. The van der Waals surface area contributed by atoms with Crippen molar-refractivity contribution in [3.05, 3.63) is 35.4 Å². The van der Waals surface area contributed by atoms with E-state index in [1.54, 1.807) is 0 Å². The summed E-state index contributed by atoms with van der Waals surface area (Å²) in [7, 11) is -2.59. The molecule has 3 unspecified atom stereocenters. The Labute approximate surface area is 349 Å². The van der Waals surface area contributed by atoms with E-state index in [2.05, 4.69) is 57.3 Å². The van der Waals surface area contributed by atoms with Crippen LogP contribution in [0.2, 0.25) is 0 Å². The van der Waals surface area contributed by atoms with Crippen LogP contribution in [0.3, 0.4) is 0 Å². The van der Waals surface area contributed by atoms with Crippen LogP contribution in [0, 0.1) is 5.92 Å². The fourth-order valence-electron chi connectivity index (χ4n) is 6.28. The SMILES string of the molecule is CCCCCCCCCCCCCCCCCOCOCC(COP(=O)([O-])OCCN(C)CC)OCOCCCCCNCOC(C)c1ccc(CC(C)C)cc1. The van der Waals surface area contributed by atoms with E-state index in [1.807, 2.05) is 18.9 Å². The van der Waals surface area contributed by atoms with Crippen LogP contribution in [0.15, 0.2) is 24.3 Å². The number of nitrogens with zero attached hydrogens (tertiary/aromatic N) is 1. The summed E-state index contributed by atoms with van der Waals surface area (Å²) in [6, 6.07) is 8.73. The van der Waals surface area contributed by atoms with Gasteiger partial charge in [0.25, 0.3) is 7.82 Å². The lowest BCUT2D eigenvalue weighted by Gasteiger charge is -2.26. The average Bonchev–Trinajstić information content (AvgIpc) is 3.19. The lowest BCUT2D eigenvalue weighted by Crippen LogP contribution is -2.29. The molecule has 0 aromatic heterocycles. The van der Waals surface area contributed by atoms with E-state index in [0.29, 0.717) is 32.4 Å². The summed E-state index contributed by atoms with van der Waals surface area (Å²) in [6.07, 6.45) is 23.2. The number of phosphoric ester groups is 1. The number of hydrogen-bond donors (Lipinski definition) is 1. The molecule has 0 fully saturated rings. The minimum atomic E-state index is -4.49. The van der Waals surface area contributed by atoms with Crippen LogP contribution < -0.4 is 10.2 Å². The lowest BCUT2D eigenvalue weighted by molar-refractivity contribution is -0.230. The molecule has 0 radical (unpaired) electrons. The minimum Gasteiger partial charge on any atom is -0.756 e. The molecule has 57 heavy (non-hydrogen) atoms. The number of nitrogens with one attached hydrogen (secondary N) is 1. The normalized spacial score (nSPS) is 14.1. The Morgan fingerprint density at radius 2 is 1.23 bits per heavy atom. The second-order valence-corrected chi connectivity index (χ2v) is 17.4. The summed E-state index contributed by atoms with van der Waals surface area (Å²) in [5.74, 6) is 0.650. The van der Waals surface area contributed by atoms with Crippen LogP contribution in [0.1, 0.15) is 167 Å². The molecule has 0 saturated heterocycles. The van der Waals surface area contributed by atoms with E-state index in [1.165, 1.54) is 94.6 Å². The number of unbranched alkanes of at least 4 members (excludes halogenated alkanes) is 16. The van der Waals surface area contributed by atoms with Crippen molar-refractivity contribution in [3.63, 3.8) is 0 Å². The number of phosphoric acid groups is 1. The molecule has 1 N–H and O–H groups in total. The monoisotopic (exact) mass is 830 g/mol. The molecule has 0 spiro atoms. The molecular formula is C45H86N2O9P-. The van der Waals surface area contributed by atoms with E-state index in [4.69, 9.17) is 32.7 Å². The lowest BCUT2D eigenvalue weighted by atomic mass is 10.0. The van der Waals surface area contributed by atoms with Gasteiger partial charge in [-0.15, -0.1) is 0 Å². The highest BCUT2D eigenvalue weighted by atomic mass is 31.2. The van der Waals surface area contributed by atoms with Gasteiger partial charge in [0.05, 0.1) is 32.7 Å². The zero-order valence-electron chi connectivity index (χ0n) is 37.3. The molecule has 1 rings (SSSR count).